The molecule has 0 rings (SSSR count). The molecule has 0 fully saturated rings. The summed E-state index contributed by atoms with van der Waals surface area (Å²) in [6, 6.07) is 0. The first-order valence-electron chi connectivity index (χ1n) is 4.07. The Balaban J connectivity index is 3.61. The summed E-state index contributed by atoms with van der Waals surface area (Å²) in [4.78, 5) is 0. The van der Waals surface area contributed by atoms with Crippen LogP contribution in [-0.4, -0.2) is 0 Å². The fraction of sp³-hybridized carbons (Fsp3) is 0.545. The second kappa shape index (κ2) is 7.23. The highest BCUT2D eigenvalue weighted by Gasteiger charge is 2.01. The fourth-order valence-corrected chi connectivity index (χ4v) is 0.769. The maximum atomic E-state index is 5.19. The molecule has 0 amide bonds. The van der Waals surface area contributed by atoms with Crippen LogP contribution in [0.25, 0.3) is 0 Å². The highest BCUT2D eigenvalue weighted by Crippen LogP contribution is 2.13. The largest absolute Gasteiger partial charge is 0.120 e. The molecule has 0 heterocycles. The van der Waals surface area contributed by atoms with Crippen molar-refractivity contribution >= 4 is 0 Å². The van der Waals surface area contributed by atoms with Crippen LogP contribution in [0.2, 0.25) is 0 Å². The Hall–Kier alpha value is -0.880. The van der Waals surface area contributed by atoms with Crippen LogP contribution < -0.4 is 0 Å². The molecule has 0 aliphatic rings. The summed E-state index contributed by atoms with van der Waals surface area (Å²) < 4.78 is 0. The number of terminal acetylenes is 1. The molecule has 0 nitrogen and oxygen atoms in total. The summed E-state index contributed by atoms with van der Waals surface area (Å²) in [5.74, 6) is 10.1. The van der Waals surface area contributed by atoms with Crippen molar-refractivity contribution in [1.29, 1.82) is 0 Å². The first-order valence-corrected chi connectivity index (χ1v) is 4.07. The third-order valence-electron chi connectivity index (χ3n) is 1.49. The lowest BCUT2D eigenvalue weighted by Gasteiger charge is -2.04. The van der Waals surface area contributed by atoms with E-state index < -0.39 is 0 Å². The molecular formula is C11H15. The summed E-state index contributed by atoms with van der Waals surface area (Å²) in [7, 11) is 0. The molecule has 0 bridgehead atoms. The zero-order valence-electron chi connectivity index (χ0n) is 7.41. The van der Waals surface area contributed by atoms with E-state index in [1.807, 2.05) is 0 Å². The van der Waals surface area contributed by atoms with E-state index in [0.717, 1.165) is 25.7 Å². The average molecular weight is 147 g/mol. The first-order chi connectivity index (χ1) is 5.35. The second-order valence-electron chi connectivity index (χ2n) is 2.37. The van der Waals surface area contributed by atoms with E-state index in [2.05, 4.69) is 31.6 Å². The van der Waals surface area contributed by atoms with Crippen LogP contribution in [-0.2, 0) is 0 Å². The predicted octanol–water partition coefficient (Wildman–Crippen LogP) is 2.80. The van der Waals surface area contributed by atoms with Crippen molar-refractivity contribution in [3.05, 3.63) is 5.92 Å². The van der Waals surface area contributed by atoms with Gasteiger partial charge in [0.15, 0.2) is 0 Å². The standard InChI is InChI=1S/C11H15/c1-4-7-8-10-11(6-3)9-5-2/h2H,4,6,9-10H2,1,3H3. The summed E-state index contributed by atoms with van der Waals surface area (Å²) in [6.07, 6.45) is 8.86. The van der Waals surface area contributed by atoms with Crippen molar-refractivity contribution in [3.63, 3.8) is 0 Å². The monoisotopic (exact) mass is 147 g/mol. The number of rotatable bonds is 3. The van der Waals surface area contributed by atoms with Crippen molar-refractivity contribution < 1.29 is 0 Å². The second-order valence-corrected chi connectivity index (χ2v) is 2.37. The summed E-state index contributed by atoms with van der Waals surface area (Å²) >= 11 is 0. The molecule has 1 radical (unpaired) electrons. The summed E-state index contributed by atoms with van der Waals surface area (Å²) in [6.45, 7) is 4.18. The van der Waals surface area contributed by atoms with Gasteiger partial charge < -0.3 is 0 Å². The molecule has 0 aromatic heterocycles. The maximum absolute atomic E-state index is 5.19. The van der Waals surface area contributed by atoms with Gasteiger partial charge in [-0.15, -0.1) is 24.2 Å². The Bertz CT molecular complexity index is 172. The molecule has 11 heavy (non-hydrogen) atoms. The van der Waals surface area contributed by atoms with Gasteiger partial charge in [-0.05, 0) is 12.3 Å². The van der Waals surface area contributed by atoms with Gasteiger partial charge in [-0.2, -0.15) is 0 Å². The lowest BCUT2D eigenvalue weighted by atomic mass is 9.99. The van der Waals surface area contributed by atoms with Gasteiger partial charge in [0.25, 0.3) is 0 Å². The normalized spacial score (nSPS) is 8.55. The molecular weight excluding hydrogens is 132 g/mol. The molecule has 0 spiro atoms. The van der Waals surface area contributed by atoms with E-state index >= 15 is 0 Å². The van der Waals surface area contributed by atoms with Gasteiger partial charge in [-0.1, -0.05) is 13.8 Å². The van der Waals surface area contributed by atoms with Crippen molar-refractivity contribution in [2.24, 2.45) is 0 Å². The summed E-state index contributed by atoms with van der Waals surface area (Å²) in [5, 5.41) is 0. The molecule has 0 unspecified atom stereocenters. The Labute approximate surface area is 70.4 Å². The van der Waals surface area contributed by atoms with Crippen LogP contribution in [0.15, 0.2) is 0 Å². The van der Waals surface area contributed by atoms with E-state index in [1.165, 1.54) is 5.92 Å². The Morgan fingerprint density at radius 3 is 2.36 bits per heavy atom. The molecule has 0 saturated heterocycles. The van der Waals surface area contributed by atoms with Crippen LogP contribution in [0, 0.1) is 30.1 Å². The molecule has 0 saturated carbocycles. The van der Waals surface area contributed by atoms with E-state index in [4.69, 9.17) is 6.42 Å². The minimum Gasteiger partial charge on any atom is -0.120 e. The van der Waals surface area contributed by atoms with Gasteiger partial charge in [-0.3, -0.25) is 0 Å². The van der Waals surface area contributed by atoms with Crippen LogP contribution >= 0.6 is 0 Å². The Kier molecular flexibility index (Phi) is 6.65. The van der Waals surface area contributed by atoms with Crippen molar-refractivity contribution in [1.82, 2.24) is 0 Å². The van der Waals surface area contributed by atoms with E-state index in [0.29, 0.717) is 0 Å². The molecule has 0 N–H and O–H groups in total. The SMILES string of the molecule is C#CC[C](CC)CC#CCC. The van der Waals surface area contributed by atoms with Crippen LogP contribution in [0.1, 0.15) is 39.5 Å². The van der Waals surface area contributed by atoms with Gasteiger partial charge in [0.1, 0.15) is 0 Å². The van der Waals surface area contributed by atoms with Crippen LogP contribution in [0.3, 0.4) is 0 Å². The third-order valence-corrected chi connectivity index (χ3v) is 1.49. The molecule has 0 aromatic carbocycles. The van der Waals surface area contributed by atoms with Crippen molar-refractivity contribution in [3.8, 4) is 24.2 Å². The molecule has 0 aliphatic heterocycles. The molecule has 0 aromatic rings. The number of hydrogen-bond donors (Lipinski definition) is 0. The summed E-state index contributed by atoms with van der Waals surface area (Å²) in [5.41, 5.74) is 0. The Morgan fingerprint density at radius 1 is 1.18 bits per heavy atom. The predicted molar refractivity (Wildman–Crippen MR) is 49.7 cm³/mol. The lowest BCUT2D eigenvalue weighted by molar-refractivity contribution is 0.825. The fourth-order valence-electron chi connectivity index (χ4n) is 0.769. The van der Waals surface area contributed by atoms with Gasteiger partial charge in [0.05, 0.1) is 0 Å². The highest BCUT2D eigenvalue weighted by molar-refractivity contribution is 5.11. The quantitative estimate of drug-likeness (QED) is 0.538. The van der Waals surface area contributed by atoms with E-state index in [1.54, 1.807) is 0 Å². The topological polar surface area (TPSA) is 0 Å². The molecule has 0 atom stereocenters. The third kappa shape index (κ3) is 5.56. The average Bonchev–Trinajstić information content (AvgIpc) is 2.03. The van der Waals surface area contributed by atoms with Crippen LogP contribution in [0.4, 0.5) is 0 Å². The van der Waals surface area contributed by atoms with E-state index in [-0.39, 0.29) is 0 Å². The highest BCUT2D eigenvalue weighted by atomic mass is 14.0. The van der Waals surface area contributed by atoms with Gasteiger partial charge in [-0.25, -0.2) is 0 Å². The number of hydrogen-bond acceptors (Lipinski definition) is 0. The lowest BCUT2D eigenvalue weighted by Crippen LogP contribution is -1.91. The van der Waals surface area contributed by atoms with Crippen LogP contribution in [0.5, 0.6) is 0 Å². The molecule has 0 aliphatic carbocycles. The first kappa shape index (κ1) is 10.1. The zero-order chi connectivity index (χ0) is 8.53. The van der Waals surface area contributed by atoms with Gasteiger partial charge >= 0.3 is 0 Å². The smallest absolute Gasteiger partial charge is 0.0160 e. The Morgan fingerprint density at radius 2 is 1.91 bits per heavy atom. The minimum atomic E-state index is 0.787. The van der Waals surface area contributed by atoms with Gasteiger partial charge in [0.2, 0.25) is 0 Å². The van der Waals surface area contributed by atoms with Gasteiger partial charge in [0, 0.05) is 19.3 Å². The van der Waals surface area contributed by atoms with Crippen molar-refractivity contribution in [2.75, 3.05) is 0 Å². The molecule has 0 heteroatoms. The minimum absolute atomic E-state index is 0.787. The molecule has 59 valence electrons. The van der Waals surface area contributed by atoms with Crippen molar-refractivity contribution in [2.45, 2.75) is 39.5 Å². The zero-order valence-corrected chi connectivity index (χ0v) is 7.41. The maximum Gasteiger partial charge on any atom is 0.0160 e. The van der Waals surface area contributed by atoms with E-state index in [9.17, 15) is 0 Å².